The zero-order chi connectivity index (χ0) is 12.3. The van der Waals surface area contributed by atoms with Crippen LogP contribution in [0.2, 0.25) is 0 Å². The predicted octanol–water partition coefficient (Wildman–Crippen LogP) is 3.13. The SMILES string of the molecule is CCCCc1nc2cc(NC(C)=O)ccc2o1. The van der Waals surface area contributed by atoms with Gasteiger partial charge in [0.25, 0.3) is 0 Å². The van der Waals surface area contributed by atoms with Gasteiger partial charge in [0.1, 0.15) is 5.52 Å². The molecule has 1 heterocycles. The second-order valence-corrected chi connectivity index (χ2v) is 4.07. The van der Waals surface area contributed by atoms with Gasteiger partial charge in [-0.25, -0.2) is 4.98 Å². The number of aryl methyl sites for hydroxylation is 1. The number of carbonyl (C=O) groups is 1. The second kappa shape index (κ2) is 4.99. The minimum Gasteiger partial charge on any atom is -0.441 e. The molecule has 0 spiro atoms. The molecule has 0 aliphatic heterocycles. The fourth-order valence-corrected chi connectivity index (χ4v) is 1.69. The minimum atomic E-state index is -0.0842. The van der Waals surface area contributed by atoms with Crippen molar-refractivity contribution >= 4 is 22.7 Å². The number of nitrogens with zero attached hydrogens (tertiary/aromatic N) is 1. The summed E-state index contributed by atoms with van der Waals surface area (Å²) >= 11 is 0. The van der Waals surface area contributed by atoms with Crippen LogP contribution in [0.15, 0.2) is 22.6 Å². The maximum Gasteiger partial charge on any atom is 0.221 e. The van der Waals surface area contributed by atoms with Crippen LogP contribution < -0.4 is 5.32 Å². The summed E-state index contributed by atoms with van der Waals surface area (Å²) in [5.41, 5.74) is 2.31. The van der Waals surface area contributed by atoms with E-state index in [4.69, 9.17) is 4.42 Å². The maximum atomic E-state index is 10.9. The fraction of sp³-hybridized carbons (Fsp3) is 0.385. The lowest BCUT2D eigenvalue weighted by molar-refractivity contribution is -0.114. The quantitative estimate of drug-likeness (QED) is 0.881. The molecule has 0 fully saturated rings. The van der Waals surface area contributed by atoms with Crippen molar-refractivity contribution in [2.75, 3.05) is 5.32 Å². The van der Waals surface area contributed by atoms with Gasteiger partial charge in [0.15, 0.2) is 11.5 Å². The summed E-state index contributed by atoms with van der Waals surface area (Å²) in [7, 11) is 0. The van der Waals surface area contributed by atoms with E-state index in [1.165, 1.54) is 6.92 Å². The molecule has 4 nitrogen and oxygen atoms in total. The summed E-state index contributed by atoms with van der Waals surface area (Å²) in [6, 6.07) is 5.48. The van der Waals surface area contributed by atoms with Gasteiger partial charge in [-0.3, -0.25) is 4.79 Å². The third-order valence-corrected chi connectivity index (χ3v) is 2.50. The highest BCUT2D eigenvalue weighted by Gasteiger charge is 2.06. The first-order valence-corrected chi connectivity index (χ1v) is 5.86. The summed E-state index contributed by atoms with van der Waals surface area (Å²) < 4.78 is 5.61. The highest BCUT2D eigenvalue weighted by molar-refractivity contribution is 5.91. The van der Waals surface area contributed by atoms with Gasteiger partial charge < -0.3 is 9.73 Å². The Bertz CT molecular complexity index is 531. The Morgan fingerprint density at radius 2 is 2.29 bits per heavy atom. The normalized spacial score (nSPS) is 10.7. The Morgan fingerprint density at radius 1 is 1.47 bits per heavy atom. The van der Waals surface area contributed by atoms with E-state index in [0.717, 1.165) is 41.9 Å². The van der Waals surface area contributed by atoms with E-state index < -0.39 is 0 Å². The van der Waals surface area contributed by atoms with Crippen molar-refractivity contribution < 1.29 is 9.21 Å². The molecule has 1 amide bonds. The van der Waals surface area contributed by atoms with Crippen molar-refractivity contribution in [1.82, 2.24) is 4.98 Å². The van der Waals surface area contributed by atoms with E-state index in [1.807, 2.05) is 18.2 Å². The van der Waals surface area contributed by atoms with Crippen molar-refractivity contribution in [1.29, 1.82) is 0 Å². The number of fused-ring (bicyclic) bond motifs is 1. The number of benzene rings is 1. The van der Waals surface area contributed by atoms with Crippen molar-refractivity contribution in [3.63, 3.8) is 0 Å². The Kier molecular flexibility index (Phi) is 3.42. The number of hydrogen-bond acceptors (Lipinski definition) is 3. The van der Waals surface area contributed by atoms with E-state index in [2.05, 4.69) is 17.2 Å². The molecule has 0 unspecified atom stereocenters. The highest BCUT2D eigenvalue weighted by atomic mass is 16.3. The lowest BCUT2D eigenvalue weighted by atomic mass is 10.2. The number of unbranched alkanes of at least 4 members (excludes halogenated alkanes) is 1. The van der Waals surface area contributed by atoms with Crippen molar-refractivity contribution in [3.8, 4) is 0 Å². The van der Waals surface area contributed by atoms with Gasteiger partial charge in [-0.2, -0.15) is 0 Å². The van der Waals surface area contributed by atoms with Crippen LogP contribution in [0, 0.1) is 0 Å². The number of amides is 1. The predicted molar refractivity (Wildman–Crippen MR) is 66.9 cm³/mol. The van der Waals surface area contributed by atoms with Crippen LogP contribution in [0.1, 0.15) is 32.6 Å². The number of hydrogen-bond donors (Lipinski definition) is 1. The smallest absolute Gasteiger partial charge is 0.221 e. The Morgan fingerprint density at radius 3 is 3.00 bits per heavy atom. The van der Waals surface area contributed by atoms with E-state index in [1.54, 1.807) is 0 Å². The molecule has 17 heavy (non-hydrogen) atoms. The number of oxazole rings is 1. The molecular formula is C13H16N2O2. The summed E-state index contributed by atoms with van der Waals surface area (Å²) in [6.45, 7) is 3.62. The van der Waals surface area contributed by atoms with Crippen LogP contribution in [0.3, 0.4) is 0 Å². The molecule has 2 aromatic rings. The molecule has 0 saturated carbocycles. The van der Waals surface area contributed by atoms with Crippen LogP contribution in [-0.4, -0.2) is 10.9 Å². The third-order valence-electron chi connectivity index (χ3n) is 2.50. The molecule has 4 heteroatoms. The molecule has 0 radical (unpaired) electrons. The van der Waals surface area contributed by atoms with E-state index in [9.17, 15) is 4.79 Å². The van der Waals surface area contributed by atoms with Gasteiger partial charge in [-0.1, -0.05) is 13.3 Å². The van der Waals surface area contributed by atoms with Crippen molar-refractivity contribution in [3.05, 3.63) is 24.1 Å². The number of rotatable bonds is 4. The van der Waals surface area contributed by atoms with Gasteiger partial charge in [-0.15, -0.1) is 0 Å². The van der Waals surface area contributed by atoms with E-state index in [0.29, 0.717) is 0 Å². The zero-order valence-electron chi connectivity index (χ0n) is 10.1. The largest absolute Gasteiger partial charge is 0.441 e. The van der Waals surface area contributed by atoms with Crippen LogP contribution in [0.5, 0.6) is 0 Å². The molecule has 0 bridgehead atoms. The van der Waals surface area contributed by atoms with Crippen LogP contribution >= 0.6 is 0 Å². The molecular weight excluding hydrogens is 216 g/mol. The van der Waals surface area contributed by atoms with Crippen molar-refractivity contribution in [2.45, 2.75) is 33.1 Å². The van der Waals surface area contributed by atoms with Crippen LogP contribution in [0.25, 0.3) is 11.1 Å². The third kappa shape index (κ3) is 2.84. The number of aromatic nitrogens is 1. The first-order chi connectivity index (χ1) is 8.19. The molecule has 0 aliphatic rings. The Labute approximate surface area is 100 Å². The molecule has 90 valence electrons. The first-order valence-electron chi connectivity index (χ1n) is 5.86. The molecule has 2 rings (SSSR count). The average molecular weight is 232 g/mol. The summed E-state index contributed by atoms with van der Waals surface area (Å²) in [6.07, 6.45) is 3.06. The molecule has 1 aromatic carbocycles. The first kappa shape index (κ1) is 11.6. The van der Waals surface area contributed by atoms with Crippen LogP contribution in [-0.2, 0) is 11.2 Å². The lowest BCUT2D eigenvalue weighted by Crippen LogP contribution is -2.05. The monoisotopic (exact) mass is 232 g/mol. The standard InChI is InChI=1S/C13H16N2O2/c1-3-4-5-13-15-11-8-10(14-9(2)16)6-7-12(11)17-13/h6-8H,3-5H2,1-2H3,(H,14,16). The van der Waals surface area contributed by atoms with Gasteiger partial charge >= 0.3 is 0 Å². The second-order valence-electron chi connectivity index (χ2n) is 4.07. The van der Waals surface area contributed by atoms with Gasteiger partial charge in [-0.05, 0) is 24.6 Å². The summed E-state index contributed by atoms with van der Waals surface area (Å²) in [5, 5.41) is 2.73. The molecule has 0 aliphatic carbocycles. The van der Waals surface area contributed by atoms with Gasteiger partial charge in [0, 0.05) is 19.0 Å². The lowest BCUT2D eigenvalue weighted by Gasteiger charge is -1.99. The number of anilines is 1. The minimum absolute atomic E-state index is 0.0842. The number of nitrogens with one attached hydrogen (secondary N) is 1. The topological polar surface area (TPSA) is 55.1 Å². The molecule has 0 saturated heterocycles. The Hall–Kier alpha value is -1.84. The molecule has 0 atom stereocenters. The van der Waals surface area contributed by atoms with E-state index >= 15 is 0 Å². The fourth-order valence-electron chi connectivity index (χ4n) is 1.69. The van der Waals surface area contributed by atoms with Crippen molar-refractivity contribution in [2.24, 2.45) is 0 Å². The Balaban J connectivity index is 2.24. The van der Waals surface area contributed by atoms with E-state index in [-0.39, 0.29) is 5.91 Å². The summed E-state index contributed by atoms with van der Waals surface area (Å²) in [4.78, 5) is 15.3. The van der Waals surface area contributed by atoms with Gasteiger partial charge in [0.05, 0.1) is 0 Å². The zero-order valence-corrected chi connectivity index (χ0v) is 10.1. The number of carbonyl (C=O) groups excluding carboxylic acids is 1. The molecule has 1 aromatic heterocycles. The van der Waals surface area contributed by atoms with Crippen LogP contribution in [0.4, 0.5) is 5.69 Å². The molecule has 1 N–H and O–H groups in total. The average Bonchev–Trinajstić information content (AvgIpc) is 2.67. The maximum absolute atomic E-state index is 10.9. The summed E-state index contributed by atoms with van der Waals surface area (Å²) in [5.74, 6) is 0.681. The van der Waals surface area contributed by atoms with Gasteiger partial charge in [0.2, 0.25) is 5.91 Å². The highest BCUT2D eigenvalue weighted by Crippen LogP contribution is 2.20.